The molecule has 0 aliphatic rings. The number of nitriles is 1. The number of nitrogens with zero attached hydrogens (tertiary/aromatic N) is 2. The second-order valence-corrected chi connectivity index (χ2v) is 2.83. The van der Waals surface area contributed by atoms with Gasteiger partial charge in [0.05, 0.1) is 12.6 Å². The van der Waals surface area contributed by atoms with E-state index >= 15 is 0 Å². The molecule has 0 aromatic carbocycles. The van der Waals surface area contributed by atoms with Crippen LogP contribution in [0.2, 0.25) is 0 Å². The van der Waals surface area contributed by atoms with Crippen molar-refractivity contribution >= 4 is 17.7 Å². The third kappa shape index (κ3) is 4.41. The van der Waals surface area contributed by atoms with Gasteiger partial charge in [0.1, 0.15) is 6.54 Å². The van der Waals surface area contributed by atoms with Crippen molar-refractivity contribution in [2.75, 3.05) is 26.7 Å². The maximum atomic E-state index is 11.5. The highest BCUT2D eigenvalue weighted by Crippen LogP contribution is 1.89. The first kappa shape index (κ1) is 13.9. The lowest BCUT2D eigenvalue weighted by molar-refractivity contribution is -0.146. The van der Waals surface area contributed by atoms with Gasteiger partial charge in [-0.25, -0.2) is 0 Å². The van der Waals surface area contributed by atoms with Gasteiger partial charge in [0, 0.05) is 13.6 Å². The number of nitrogens with one attached hydrogen (secondary N) is 2. The molecule has 0 unspecified atom stereocenters. The largest absolute Gasteiger partial charge is 0.358 e. The molecule has 0 fully saturated rings. The van der Waals surface area contributed by atoms with Crippen molar-refractivity contribution in [1.29, 1.82) is 5.26 Å². The molecule has 88 valence electrons. The summed E-state index contributed by atoms with van der Waals surface area (Å²) < 4.78 is 0. The summed E-state index contributed by atoms with van der Waals surface area (Å²) in [5.74, 6) is -2.06. The minimum absolute atomic E-state index is 0.175. The molecule has 0 aliphatic heterocycles. The Morgan fingerprint density at radius 3 is 2.44 bits per heavy atom. The zero-order valence-corrected chi connectivity index (χ0v) is 9.24. The minimum atomic E-state index is -0.882. The molecule has 16 heavy (non-hydrogen) atoms. The summed E-state index contributed by atoms with van der Waals surface area (Å²) in [5, 5.41) is 12.7. The normalized spacial score (nSPS) is 8.81. The van der Waals surface area contributed by atoms with Crippen molar-refractivity contribution in [2.45, 2.75) is 6.92 Å². The molecule has 3 amide bonds. The van der Waals surface area contributed by atoms with Crippen molar-refractivity contribution in [3.8, 4) is 6.07 Å². The van der Waals surface area contributed by atoms with Crippen LogP contribution in [0.1, 0.15) is 6.92 Å². The lowest BCUT2D eigenvalue weighted by Crippen LogP contribution is -2.46. The zero-order chi connectivity index (χ0) is 12.6. The van der Waals surface area contributed by atoms with Crippen LogP contribution < -0.4 is 10.6 Å². The molecule has 0 saturated carbocycles. The molecule has 0 aromatic rings. The van der Waals surface area contributed by atoms with Gasteiger partial charge < -0.3 is 15.5 Å². The molecule has 0 bridgehead atoms. The fourth-order valence-corrected chi connectivity index (χ4v) is 0.919. The van der Waals surface area contributed by atoms with E-state index in [2.05, 4.69) is 10.6 Å². The molecule has 2 N–H and O–H groups in total. The second-order valence-electron chi connectivity index (χ2n) is 2.83. The Labute approximate surface area is 93.4 Å². The van der Waals surface area contributed by atoms with Crippen LogP contribution in [0.5, 0.6) is 0 Å². The Kier molecular flexibility index (Phi) is 6.28. The highest BCUT2D eigenvalue weighted by molar-refractivity contribution is 6.35. The molecule has 7 nitrogen and oxygen atoms in total. The zero-order valence-electron chi connectivity index (χ0n) is 9.24. The molecule has 7 heteroatoms. The summed E-state index contributed by atoms with van der Waals surface area (Å²) in [7, 11) is 1.44. The van der Waals surface area contributed by atoms with E-state index < -0.39 is 11.8 Å². The quantitative estimate of drug-likeness (QED) is 0.437. The van der Waals surface area contributed by atoms with Crippen LogP contribution in [0.15, 0.2) is 0 Å². The lowest BCUT2D eigenvalue weighted by Gasteiger charge is -2.18. The average Bonchev–Trinajstić information content (AvgIpc) is 2.31. The topological polar surface area (TPSA) is 102 Å². The molecule has 0 radical (unpaired) electrons. The van der Waals surface area contributed by atoms with Crippen LogP contribution in [0.4, 0.5) is 0 Å². The van der Waals surface area contributed by atoms with Gasteiger partial charge in [0.25, 0.3) is 0 Å². The van der Waals surface area contributed by atoms with E-state index in [1.807, 2.05) is 0 Å². The van der Waals surface area contributed by atoms with Crippen LogP contribution in [0, 0.1) is 11.3 Å². The first-order valence-electron chi connectivity index (χ1n) is 4.71. The van der Waals surface area contributed by atoms with Crippen LogP contribution >= 0.6 is 0 Å². The Morgan fingerprint density at radius 2 is 2.00 bits per heavy atom. The van der Waals surface area contributed by atoms with Gasteiger partial charge in [0.15, 0.2) is 0 Å². The number of carbonyl (C=O) groups excluding carboxylic acids is 3. The smallest absolute Gasteiger partial charge is 0.312 e. The summed E-state index contributed by atoms with van der Waals surface area (Å²) in [6.45, 7) is 1.48. The molecular formula is C9H14N4O3. The number of hydrogen-bond acceptors (Lipinski definition) is 4. The van der Waals surface area contributed by atoms with E-state index in [1.165, 1.54) is 7.05 Å². The van der Waals surface area contributed by atoms with Crippen molar-refractivity contribution in [1.82, 2.24) is 15.5 Å². The maximum absolute atomic E-state index is 11.5. The molecule has 0 atom stereocenters. The first-order chi connectivity index (χ1) is 7.56. The summed E-state index contributed by atoms with van der Waals surface area (Å²) >= 11 is 0. The Bertz CT molecular complexity index is 321. The molecule has 0 aromatic heterocycles. The van der Waals surface area contributed by atoms with E-state index in [4.69, 9.17) is 5.26 Å². The minimum Gasteiger partial charge on any atom is -0.358 e. The maximum Gasteiger partial charge on any atom is 0.312 e. The van der Waals surface area contributed by atoms with Gasteiger partial charge >= 0.3 is 11.8 Å². The predicted molar refractivity (Wildman–Crippen MR) is 54.9 cm³/mol. The standard InChI is InChI=1S/C9H14N4O3/c1-3-13(6-7(14)11-2)9(16)8(15)12-5-4-10/h3,5-6H2,1-2H3,(H,11,14)(H,12,15). The number of amides is 3. The third-order valence-electron chi connectivity index (χ3n) is 1.80. The van der Waals surface area contributed by atoms with Gasteiger partial charge in [-0.2, -0.15) is 5.26 Å². The molecule has 0 aliphatic carbocycles. The van der Waals surface area contributed by atoms with Crippen LogP contribution in [0.3, 0.4) is 0 Å². The van der Waals surface area contributed by atoms with E-state index in [1.54, 1.807) is 13.0 Å². The van der Waals surface area contributed by atoms with E-state index in [0.29, 0.717) is 0 Å². The van der Waals surface area contributed by atoms with Crippen molar-refractivity contribution in [3.05, 3.63) is 0 Å². The fraction of sp³-hybridized carbons (Fsp3) is 0.556. The molecule has 0 heterocycles. The average molecular weight is 226 g/mol. The van der Waals surface area contributed by atoms with Gasteiger partial charge in [0.2, 0.25) is 5.91 Å². The van der Waals surface area contributed by atoms with Crippen LogP contribution in [-0.4, -0.2) is 49.3 Å². The highest BCUT2D eigenvalue weighted by atomic mass is 16.2. The van der Waals surface area contributed by atoms with Crippen LogP contribution in [0.25, 0.3) is 0 Å². The van der Waals surface area contributed by atoms with Gasteiger partial charge in [-0.1, -0.05) is 0 Å². The summed E-state index contributed by atoms with van der Waals surface area (Å²) in [6, 6.07) is 1.68. The van der Waals surface area contributed by atoms with Crippen molar-refractivity contribution < 1.29 is 14.4 Å². The number of hydrogen-bond donors (Lipinski definition) is 2. The number of rotatable bonds is 4. The second kappa shape index (κ2) is 7.23. The highest BCUT2D eigenvalue weighted by Gasteiger charge is 2.21. The van der Waals surface area contributed by atoms with Gasteiger partial charge in [-0.15, -0.1) is 0 Å². The summed E-state index contributed by atoms with van der Waals surface area (Å²) in [4.78, 5) is 34.8. The SMILES string of the molecule is CCN(CC(=O)NC)C(=O)C(=O)NCC#N. The van der Waals surface area contributed by atoms with Gasteiger partial charge in [-0.05, 0) is 6.92 Å². The summed E-state index contributed by atoms with van der Waals surface area (Å²) in [6.07, 6.45) is 0. The Balaban J connectivity index is 4.36. The fourth-order valence-electron chi connectivity index (χ4n) is 0.919. The monoisotopic (exact) mass is 226 g/mol. The van der Waals surface area contributed by atoms with E-state index in [0.717, 1.165) is 4.90 Å². The van der Waals surface area contributed by atoms with Crippen LogP contribution in [-0.2, 0) is 14.4 Å². The first-order valence-corrected chi connectivity index (χ1v) is 4.71. The Morgan fingerprint density at radius 1 is 1.38 bits per heavy atom. The number of likely N-dealkylation sites (N-methyl/N-ethyl adjacent to an activating group) is 2. The molecule has 0 spiro atoms. The third-order valence-corrected chi connectivity index (χ3v) is 1.80. The molecule has 0 rings (SSSR count). The van der Waals surface area contributed by atoms with E-state index in [-0.39, 0.29) is 25.5 Å². The molecular weight excluding hydrogens is 212 g/mol. The van der Waals surface area contributed by atoms with E-state index in [9.17, 15) is 14.4 Å². The van der Waals surface area contributed by atoms with Crippen molar-refractivity contribution in [2.24, 2.45) is 0 Å². The predicted octanol–water partition coefficient (Wildman–Crippen LogP) is -1.78. The van der Waals surface area contributed by atoms with Crippen molar-refractivity contribution in [3.63, 3.8) is 0 Å². The molecule has 0 saturated heterocycles. The lowest BCUT2D eigenvalue weighted by atomic mass is 10.4. The van der Waals surface area contributed by atoms with Gasteiger partial charge in [-0.3, -0.25) is 14.4 Å². The number of carbonyl (C=O) groups is 3. The Hall–Kier alpha value is -2.10. The summed E-state index contributed by atoms with van der Waals surface area (Å²) in [5.41, 5.74) is 0.